The molecule has 4 nitrogen and oxygen atoms in total. The quantitative estimate of drug-likeness (QED) is 0.127. The number of aliphatic hydroxyl groups is 1. The van der Waals surface area contributed by atoms with Crippen molar-refractivity contribution in [2.75, 3.05) is 0 Å². The summed E-state index contributed by atoms with van der Waals surface area (Å²) in [6.45, 7) is 6.81. The number of unbranched alkanes of at least 4 members (excludes halogenated alkanes) is 12. The van der Waals surface area contributed by atoms with Crippen molar-refractivity contribution in [1.82, 2.24) is 0 Å². The number of hydrogen-bond acceptors (Lipinski definition) is 4. The van der Waals surface area contributed by atoms with Crippen LogP contribution in [-0.4, -0.2) is 29.1 Å². The lowest BCUT2D eigenvalue weighted by Gasteiger charge is -2.58. The smallest absolute Gasteiger partial charge is 0.306 e. The number of Topliss-reactive ketones (excluding diaryl/α,β-unsaturated/α-hetero) is 1. The van der Waals surface area contributed by atoms with Gasteiger partial charge in [-0.25, -0.2) is 0 Å². The zero-order valence-electron chi connectivity index (χ0n) is 25.5. The topological polar surface area (TPSA) is 63.6 Å². The van der Waals surface area contributed by atoms with Crippen LogP contribution in [0.4, 0.5) is 0 Å². The zero-order valence-corrected chi connectivity index (χ0v) is 25.5. The van der Waals surface area contributed by atoms with Crippen molar-refractivity contribution < 1.29 is 19.4 Å². The molecule has 0 saturated heterocycles. The number of ether oxygens (including phenoxy) is 1. The predicted octanol–water partition coefficient (Wildman–Crippen LogP) is 8.88. The number of aliphatic hydroxyl groups excluding tert-OH is 1. The molecule has 0 heterocycles. The van der Waals surface area contributed by atoms with Gasteiger partial charge in [-0.1, -0.05) is 109 Å². The van der Waals surface area contributed by atoms with E-state index in [-0.39, 0.29) is 28.8 Å². The average Bonchev–Trinajstić information content (AvgIpc) is 3.22. The lowest BCUT2D eigenvalue weighted by Crippen LogP contribution is -2.54. The number of ketones is 1. The number of rotatable bonds is 15. The van der Waals surface area contributed by atoms with Gasteiger partial charge >= 0.3 is 5.97 Å². The first kappa shape index (κ1) is 30.8. The second kappa shape index (κ2) is 14.1. The highest BCUT2D eigenvalue weighted by Gasteiger charge is 2.60. The summed E-state index contributed by atoms with van der Waals surface area (Å²) >= 11 is 0. The predicted molar refractivity (Wildman–Crippen MR) is 158 cm³/mol. The van der Waals surface area contributed by atoms with Crippen molar-refractivity contribution in [2.24, 2.45) is 28.6 Å². The average molecular weight is 543 g/mol. The van der Waals surface area contributed by atoms with Crippen molar-refractivity contribution >= 4 is 11.8 Å². The molecule has 0 aliphatic heterocycles. The molecule has 0 spiro atoms. The maximum Gasteiger partial charge on any atom is 0.306 e. The lowest BCUT2D eigenvalue weighted by molar-refractivity contribution is -0.152. The minimum atomic E-state index is -0.478. The molecule has 4 aliphatic rings. The van der Waals surface area contributed by atoms with Gasteiger partial charge in [0.15, 0.2) is 0 Å². The molecule has 3 saturated carbocycles. The normalized spacial score (nSPS) is 35.6. The first-order chi connectivity index (χ1) is 18.8. The number of carbonyl (C=O) groups is 2. The summed E-state index contributed by atoms with van der Waals surface area (Å²) in [5.74, 6) is 1.30. The number of hydrogen-bond donors (Lipinski definition) is 1. The maximum absolute atomic E-state index is 12.7. The van der Waals surface area contributed by atoms with Gasteiger partial charge in [0, 0.05) is 24.7 Å². The summed E-state index contributed by atoms with van der Waals surface area (Å²) < 4.78 is 5.96. The standard InChI is InChI=1S/C35H58O4/c1-4-5-6-7-8-9-10-11-12-13-14-15-16-17-32(38)39-27-20-22-34(2)26(24-27)25-30(36)33-28-18-19-31(37)35(28,3)23-21-29(33)34/h25,27-30,33,36H,4-24H2,1-3H3/t27-,28-,29-,30?,33-,34-,35-/m0/s1. The molecule has 222 valence electrons. The molecule has 0 aromatic rings. The van der Waals surface area contributed by atoms with E-state index in [1.54, 1.807) is 0 Å². The Kier molecular flexibility index (Phi) is 11.2. The van der Waals surface area contributed by atoms with Crippen LogP contribution in [0.3, 0.4) is 0 Å². The van der Waals surface area contributed by atoms with Gasteiger partial charge < -0.3 is 9.84 Å². The maximum atomic E-state index is 12.7. The van der Waals surface area contributed by atoms with E-state index in [9.17, 15) is 14.7 Å². The monoisotopic (exact) mass is 542 g/mol. The minimum Gasteiger partial charge on any atom is -0.462 e. The van der Waals surface area contributed by atoms with E-state index < -0.39 is 6.10 Å². The van der Waals surface area contributed by atoms with Gasteiger partial charge in [-0.15, -0.1) is 0 Å². The number of esters is 1. The van der Waals surface area contributed by atoms with E-state index >= 15 is 0 Å². The third-order valence-corrected chi connectivity index (χ3v) is 11.6. The molecule has 0 amide bonds. The van der Waals surface area contributed by atoms with Crippen LogP contribution in [-0.2, 0) is 14.3 Å². The van der Waals surface area contributed by atoms with Crippen LogP contribution in [0.2, 0.25) is 0 Å². The van der Waals surface area contributed by atoms with Crippen LogP contribution in [0.25, 0.3) is 0 Å². The van der Waals surface area contributed by atoms with Gasteiger partial charge in [-0.3, -0.25) is 9.59 Å². The summed E-state index contributed by atoms with van der Waals surface area (Å²) in [6.07, 6.45) is 25.4. The van der Waals surface area contributed by atoms with Gasteiger partial charge in [-0.2, -0.15) is 0 Å². The summed E-state index contributed by atoms with van der Waals surface area (Å²) in [7, 11) is 0. The molecule has 1 N–H and O–H groups in total. The fraction of sp³-hybridized carbons (Fsp3) is 0.886. The number of carbonyl (C=O) groups excluding carboxylic acids is 2. The van der Waals surface area contributed by atoms with E-state index in [2.05, 4.69) is 26.8 Å². The summed E-state index contributed by atoms with van der Waals surface area (Å²) in [5.41, 5.74) is 1.13. The molecule has 4 aliphatic carbocycles. The second-order valence-electron chi connectivity index (χ2n) is 14.2. The van der Waals surface area contributed by atoms with E-state index in [1.165, 1.54) is 76.2 Å². The van der Waals surface area contributed by atoms with Crippen molar-refractivity contribution in [3.8, 4) is 0 Å². The lowest BCUT2D eigenvalue weighted by atomic mass is 9.47. The summed E-state index contributed by atoms with van der Waals surface area (Å²) in [6, 6.07) is 0. The molecule has 3 fully saturated rings. The molecule has 4 heteroatoms. The Hall–Kier alpha value is -1.16. The van der Waals surface area contributed by atoms with Gasteiger partial charge in [0.25, 0.3) is 0 Å². The molecule has 0 bridgehead atoms. The molecule has 1 unspecified atom stereocenters. The largest absolute Gasteiger partial charge is 0.462 e. The second-order valence-corrected chi connectivity index (χ2v) is 14.2. The summed E-state index contributed by atoms with van der Waals surface area (Å²) in [4.78, 5) is 25.3. The molecule has 7 atom stereocenters. The van der Waals surface area contributed by atoms with Gasteiger partial charge in [0.1, 0.15) is 11.9 Å². The molecule has 0 aromatic heterocycles. The van der Waals surface area contributed by atoms with Crippen LogP contribution in [0, 0.1) is 28.6 Å². The van der Waals surface area contributed by atoms with E-state index in [0.717, 1.165) is 51.4 Å². The highest BCUT2D eigenvalue weighted by molar-refractivity contribution is 5.87. The van der Waals surface area contributed by atoms with E-state index in [0.29, 0.717) is 30.5 Å². The fourth-order valence-corrected chi connectivity index (χ4v) is 9.02. The zero-order chi connectivity index (χ0) is 27.9. The van der Waals surface area contributed by atoms with E-state index in [1.807, 2.05) is 0 Å². The first-order valence-electron chi connectivity index (χ1n) is 16.9. The Morgan fingerprint density at radius 1 is 0.846 bits per heavy atom. The van der Waals surface area contributed by atoms with E-state index in [4.69, 9.17) is 4.74 Å². The van der Waals surface area contributed by atoms with Gasteiger partial charge in [-0.05, 0) is 61.7 Å². The third kappa shape index (κ3) is 7.19. The molecule has 0 radical (unpaired) electrons. The molecular weight excluding hydrogens is 484 g/mol. The molecule has 4 rings (SSSR count). The Morgan fingerprint density at radius 3 is 2.05 bits per heavy atom. The molecular formula is C35H58O4. The number of fused-ring (bicyclic) bond motifs is 5. The Labute approximate surface area is 239 Å². The Bertz CT molecular complexity index is 848. The van der Waals surface area contributed by atoms with Gasteiger partial charge in [0.2, 0.25) is 0 Å². The third-order valence-electron chi connectivity index (χ3n) is 11.6. The van der Waals surface area contributed by atoms with Crippen molar-refractivity contribution in [3.63, 3.8) is 0 Å². The molecule has 0 aromatic carbocycles. The van der Waals surface area contributed by atoms with Crippen molar-refractivity contribution in [1.29, 1.82) is 0 Å². The SMILES string of the molecule is CCCCCCCCCCCCCCCC(=O)O[C@H]1CC[C@@]2(C)C(=CC(O)[C@@H]3[C@@H]2CC[C@]2(C)C(=O)CC[C@@H]32)C1. The van der Waals surface area contributed by atoms with Gasteiger partial charge in [0.05, 0.1) is 6.10 Å². The van der Waals surface area contributed by atoms with Crippen LogP contribution < -0.4 is 0 Å². The summed E-state index contributed by atoms with van der Waals surface area (Å²) in [5, 5.41) is 11.3. The van der Waals surface area contributed by atoms with Crippen LogP contribution in [0.1, 0.15) is 156 Å². The Morgan fingerprint density at radius 2 is 1.41 bits per heavy atom. The highest BCUT2D eigenvalue weighted by atomic mass is 16.5. The van der Waals surface area contributed by atoms with Crippen molar-refractivity contribution in [3.05, 3.63) is 11.6 Å². The highest BCUT2D eigenvalue weighted by Crippen LogP contribution is 2.64. The minimum absolute atomic E-state index is 0.0422. The fourth-order valence-electron chi connectivity index (χ4n) is 9.02. The van der Waals surface area contributed by atoms with Crippen molar-refractivity contribution in [2.45, 2.75) is 168 Å². The Balaban J connectivity index is 1.13. The van der Waals surface area contributed by atoms with Crippen LogP contribution >= 0.6 is 0 Å². The first-order valence-corrected chi connectivity index (χ1v) is 16.9. The van der Waals surface area contributed by atoms with Crippen LogP contribution in [0.15, 0.2) is 11.6 Å². The van der Waals surface area contributed by atoms with Crippen LogP contribution in [0.5, 0.6) is 0 Å². The molecule has 39 heavy (non-hydrogen) atoms.